The molecular formula is C19H24N3O3+. The summed E-state index contributed by atoms with van der Waals surface area (Å²) in [5.74, 6) is -0.491. The summed E-state index contributed by atoms with van der Waals surface area (Å²) in [7, 11) is 0. The maximum absolute atomic E-state index is 12.7. The van der Waals surface area contributed by atoms with E-state index in [1.165, 1.54) is 0 Å². The van der Waals surface area contributed by atoms with Crippen LogP contribution in [0.5, 0.6) is 0 Å². The number of aromatic nitrogens is 2. The van der Waals surface area contributed by atoms with Crippen LogP contribution in [0.15, 0.2) is 30.6 Å². The third-order valence-corrected chi connectivity index (χ3v) is 4.75. The molecule has 0 unspecified atom stereocenters. The van der Waals surface area contributed by atoms with E-state index in [9.17, 15) is 9.59 Å². The Morgan fingerprint density at radius 3 is 2.88 bits per heavy atom. The predicted molar refractivity (Wildman–Crippen MR) is 92.4 cm³/mol. The molecular weight excluding hydrogens is 318 g/mol. The first-order chi connectivity index (χ1) is 12.0. The molecule has 3 rings (SSSR count). The van der Waals surface area contributed by atoms with Gasteiger partial charge in [-0.1, -0.05) is 0 Å². The zero-order valence-electron chi connectivity index (χ0n) is 14.7. The van der Waals surface area contributed by atoms with Crippen LogP contribution < -0.4 is 10.3 Å². The van der Waals surface area contributed by atoms with Gasteiger partial charge in [0.2, 0.25) is 12.3 Å². The van der Waals surface area contributed by atoms with Gasteiger partial charge in [0.25, 0.3) is 5.91 Å². The highest BCUT2D eigenvalue weighted by Gasteiger charge is 2.22. The lowest BCUT2D eigenvalue weighted by Gasteiger charge is -2.14. The number of hydrogen-bond donors (Lipinski definition) is 1. The van der Waals surface area contributed by atoms with E-state index in [-0.39, 0.29) is 18.4 Å². The SMILES string of the molecule is Cc1cc(C(=O)C[n+]2cccc(C(N)=O)c2)c(C)n1C[C@@H]1CCCO1. The summed E-state index contributed by atoms with van der Waals surface area (Å²) in [6, 6.07) is 5.29. The molecule has 0 spiro atoms. The molecule has 25 heavy (non-hydrogen) atoms. The number of rotatable bonds is 6. The van der Waals surface area contributed by atoms with Crippen LogP contribution >= 0.6 is 0 Å². The van der Waals surface area contributed by atoms with Gasteiger partial charge >= 0.3 is 0 Å². The highest BCUT2D eigenvalue weighted by atomic mass is 16.5. The van der Waals surface area contributed by atoms with E-state index in [1.54, 1.807) is 29.1 Å². The number of carbonyl (C=O) groups is 2. The average molecular weight is 342 g/mol. The Balaban J connectivity index is 1.78. The van der Waals surface area contributed by atoms with Crippen molar-refractivity contribution in [1.82, 2.24) is 4.57 Å². The first-order valence-corrected chi connectivity index (χ1v) is 8.56. The lowest BCUT2D eigenvalue weighted by atomic mass is 10.1. The Hall–Kier alpha value is -2.47. The third kappa shape index (κ3) is 3.79. The quantitative estimate of drug-likeness (QED) is 0.639. The van der Waals surface area contributed by atoms with Gasteiger partial charge in [0.1, 0.15) is 5.56 Å². The van der Waals surface area contributed by atoms with Gasteiger partial charge in [0.15, 0.2) is 12.4 Å². The van der Waals surface area contributed by atoms with Crippen molar-refractivity contribution in [2.24, 2.45) is 5.73 Å². The lowest BCUT2D eigenvalue weighted by Crippen LogP contribution is -2.38. The van der Waals surface area contributed by atoms with Gasteiger partial charge in [-0.25, -0.2) is 0 Å². The topological polar surface area (TPSA) is 78.2 Å². The van der Waals surface area contributed by atoms with Crippen molar-refractivity contribution < 1.29 is 18.9 Å². The summed E-state index contributed by atoms with van der Waals surface area (Å²) >= 11 is 0. The number of amides is 1. The molecule has 3 heterocycles. The standard InChI is InChI=1S/C19H23N3O3/c1-13-9-17(14(2)22(13)11-16-6-4-8-25-16)18(23)12-21-7-3-5-15(10-21)19(20)24/h3,5,7,9-10,16H,4,6,8,11-12H2,1-2H3,(H-,20,24)/p+1/t16-/m0/s1. The van der Waals surface area contributed by atoms with Crippen LogP contribution in [-0.4, -0.2) is 29.0 Å². The molecule has 1 aliphatic heterocycles. The number of carbonyl (C=O) groups excluding carboxylic acids is 2. The first kappa shape index (κ1) is 17.4. The molecule has 1 fully saturated rings. The van der Waals surface area contributed by atoms with Crippen LogP contribution in [0.25, 0.3) is 0 Å². The maximum Gasteiger partial charge on any atom is 0.254 e. The molecule has 6 heteroatoms. The number of hydrogen-bond acceptors (Lipinski definition) is 3. The van der Waals surface area contributed by atoms with E-state index < -0.39 is 5.91 Å². The van der Waals surface area contributed by atoms with Gasteiger partial charge in [-0.15, -0.1) is 0 Å². The summed E-state index contributed by atoms with van der Waals surface area (Å²) in [6.45, 7) is 5.77. The predicted octanol–water partition coefficient (Wildman–Crippen LogP) is 1.55. The second-order valence-electron chi connectivity index (χ2n) is 6.58. The van der Waals surface area contributed by atoms with E-state index >= 15 is 0 Å². The summed E-state index contributed by atoms with van der Waals surface area (Å²) in [5, 5.41) is 0. The molecule has 6 nitrogen and oxygen atoms in total. The number of ether oxygens (including phenoxy) is 1. The third-order valence-electron chi connectivity index (χ3n) is 4.75. The van der Waals surface area contributed by atoms with Crippen LogP contribution in [-0.2, 0) is 17.8 Å². The van der Waals surface area contributed by atoms with Crippen LogP contribution in [0, 0.1) is 13.8 Å². The van der Waals surface area contributed by atoms with Crippen LogP contribution in [0.1, 0.15) is 44.9 Å². The summed E-state index contributed by atoms with van der Waals surface area (Å²) in [4.78, 5) is 24.0. The van der Waals surface area contributed by atoms with Gasteiger partial charge in [-0.3, -0.25) is 9.59 Å². The van der Waals surface area contributed by atoms with Crippen molar-refractivity contribution in [2.45, 2.75) is 45.9 Å². The molecule has 132 valence electrons. The molecule has 1 atom stereocenters. The minimum atomic E-state index is -0.503. The second-order valence-corrected chi connectivity index (χ2v) is 6.58. The van der Waals surface area contributed by atoms with Gasteiger partial charge in [0, 0.05) is 36.2 Å². The first-order valence-electron chi connectivity index (χ1n) is 8.56. The Morgan fingerprint density at radius 2 is 2.20 bits per heavy atom. The Bertz CT molecular complexity index is 804. The highest BCUT2D eigenvalue weighted by molar-refractivity contribution is 5.96. The van der Waals surface area contributed by atoms with Crippen molar-refractivity contribution in [3.8, 4) is 0 Å². The van der Waals surface area contributed by atoms with Crippen LogP contribution in [0.2, 0.25) is 0 Å². The zero-order chi connectivity index (χ0) is 18.0. The van der Waals surface area contributed by atoms with E-state index in [0.29, 0.717) is 11.1 Å². The zero-order valence-corrected chi connectivity index (χ0v) is 14.7. The minimum absolute atomic E-state index is 0.0123. The number of pyridine rings is 1. The smallest absolute Gasteiger partial charge is 0.254 e. The van der Waals surface area contributed by atoms with E-state index in [0.717, 1.165) is 37.4 Å². The van der Waals surface area contributed by atoms with Crippen molar-refractivity contribution in [3.05, 3.63) is 53.1 Å². The van der Waals surface area contributed by atoms with Gasteiger partial charge in [-0.2, -0.15) is 4.57 Å². The normalized spacial score (nSPS) is 17.0. The Kier molecular flexibility index (Phi) is 4.99. The van der Waals surface area contributed by atoms with Gasteiger partial charge in [-0.05, 0) is 38.8 Å². The maximum atomic E-state index is 12.7. The Labute approximate surface area is 147 Å². The van der Waals surface area contributed by atoms with Gasteiger partial charge < -0.3 is 15.0 Å². The van der Waals surface area contributed by atoms with E-state index in [4.69, 9.17) is 10.5 Å². The molecule has 0 saturated carbocycles. The highest BCUT2D eigenvalue weighted by Crippen LogP contribution is 2.20. The van der Waals surface area contributed by atoms with Crippen molar-refractivity contribution in [1.29, 1.82) is 0 Å². The molecule has 1 amide bonds. The van der Waals surface area contributed by atoms with Crippen molar-refractivity contribution in [2.75, 3.05) is 6.61 Å². The lowest BCUT2D eigenvalue weighted by molar-refractivity contribution is -0.683. The number of nitrogens with two attached hydrogens (primary N) is 1. The summed E-state index contributed by atoms with van der Waals surface area (Å²) < 4.78 is 9.56. The van der Waals surface area contributed by atoms with Crippen molar-refractivity contribution in [3.63, 3.8) is 0 Å². The van der Waals surface area contributed by atoms with E-state index in [2.05, 4.69) is 4.57 Å². The fourth-order valence-corrected chi connectivity index (χ4v) is 3.37. The molecule has 1 saturated heterocycles. The number of aryl methyl sites for hydroxylation is 1. The largest absolute Gasteiger partial charge is 0.376 e. The molecule has 2 aromatic heterocycles. The molecule has 0 aromatic carbocycles. The minimum Gasteiger partial charge on any atom is -0.376 e. The van der Waals surface area contributed by atoms with E-state index in [1.807, 2.05) is 19.9 Å². The molecule has 0 bridgehead atoms. The molecule has 2 aromatic rings. The Morgan fingerprint density at radius 1 is 1.40 bits per heavy atom. The average Bonchev–Trinajstić information content (AvgIpc) is 3.19. The van der Waals surface area contributed by atoms with Crippen molar-refractivity contribution >= 4 is 11.7 Å². The summed E-state index contributed by atoms with van der Waals surface area (Å²) in [6.07, 6.45) is 5.76. The number of primary amides is 1. The fraction of sp³-hybridized carbons (Fsp3) is 0.421. The number of ketones is 1. The second kappa shape index (κ2) is 7.19. The molecule has 1 aliphatic rings. The summed E-state index contributed by atoms with van der Waals surface area (Å²) in [5.41, 5.74) is 8.43. The fourth-order valence-electron chi connectivity index (χ4n) is 3.37. The van der Waals surface area contributed by atoms with Crippen LogP contribution in [0.4, 0.5) is 0 Å². The molecule has 0 radical (unpaired) electrons. The number of nitrogens with zero attached hydrogens (tertiary/aromatic N) is 2. The monoisotopic (exact) mass is 342 g/mol. The molecule has 2 N–H and O–H groups in total. The van der Waals surface area contributed by atoms with Gasteiger partial charge in [0.05, 0.1) is 6.10 Å². The van der Waals surface area contributed by atoms with Crippen LogP contribution in [0.3, 0.4) is 0 Å². The molecule has 0 aliphatic carbocycles. The number of Topliss-reactive ketones (excluding diaryl/α,β-unsaturated/α-hetero) is 1.